The molecule has 1 aromatic carbocycles. The molecule has 0 radical (unpaired) electrons. The lowest BCUT2D eigenvalue weighted by molar-refractivity contribution is 0.0982. The highest BCUT2D eigenvalue weighted by atomic mass is 16.4. The van der Waals surface area contributed by atoms with E-state index < -0.39 is 5.91 Å². The number of aryl methyl sites for hydroxylation is 1. The third-order valence-corrected chi connectivity index (χ3v) is 5.95. The second kappa shape index (κ2) is 7.63. The van der Waals surface area contributed by atoms with E-state index in [2.05, 4.69) is 25.2 Å². The quantitative estimate of drug-likeness (QED) is 0.640. The second-order valence-electron chi connectivity index (χ2n) is 7.92. The van der Waals surface area contributed by atoms with Crippen LogP contribution in [0.5, 0.6) is 0 Å². The lowest BCUT2D eigenvalue weighted by atomic mass is 10.1. The number of hydrogen-bond donors (Lipinski definition) is 2. The first kappa shape index (κ1) is 20.0. The minimum atomic E-state index is -0.643. The maximum absolute atomic E-state index is 13.6. The van der Waals surface area contributed by atoms with Crippen molar-refractivity contribution in [3.05, 3.63) is 47.5 Å². The summed E-state index contributed by atoms with van der Waals surface area (Å²) in [5.74, 6) is 1.00. The highest BCUT2D eigenvalue weighted by Crippen LogP contribution is 2.35. The molecule has 3 aromatic rings. The van der Waals surface area contributed by atoms with Crippen molar-refractivity contribution in [3.63, 3.8) is 0 Å². The molecule has 0 aliphatic carbocycles. The van der Waals surface area contributed by atoms with Gasteiger partial charge >= 0.3 is 0 Å². The van der Waals surface area contributed by atoms with E-state index in [0.29, 0.717) is 40.9 Å². The van der Waals surface area contributed by atoms with E-state index in [1.54, 1.807) is 25.1 Å². The van der Waals surface area contributed by atoms with E-state index >= 15 is 0 Å². The highest BCUT2D eigenvalue weighted by Gasteiger charge is 2.37. The van der Waals surface area contributed by atoms with Gasteiger partial charge in [0.1, 0.15) is 17.1 Å². The molecule has 0 spiro atoms. The van der Waals surface area contributed by atoms with E-state index in [9.17, 15) is 9.59 Å². The number of primary amides is 1. The molecule has 0 bridgehead atoms. The van der Waals surface area contributed by atoms with E-state index in [4.69, 9.17) is 10.2 Å². The summed E-state index contributed by atoms with van der Waals surface area (Å²) >= 11 is 0. The number of amides is 2. The van der Waals surface area contributed by atoms with Crippen LogP contribution in [0.3, 0.4) is 0 Å². The number of nitrogens with two attached hydrogens (primary N) is 1. The summed E-state index contributed by atoms with van der Waals surface area (Å²) in [7, 11) is 1.76. The first-order chi connectivity index (χ1) is 15.5. The Balaban J connectivity index is 1.56. The van der Waals surface area contributed by atoms with Gasteiger partial charge in [0.2, 0.25) is 11.8 Å². The predicted octanol–water partition coefficient (Wildman–Crippen LogP) is 2.21. The number of benzene rings is 1. The van der Waals surface area contributed by atoms with Gasteiger partial charge in [-0.05, 0) is 38.0 Å². The molecule has 2 aromatic heterocycles. The van der Waals surface area contributed by atoms with Gasteiger partial charge in [-0.2, -0.15) is 4.98 Å². The molecular weight excluding hydrogens is 410 g/mol. The summed E-state index contributed by atoms with van der Waals surface area (Å²) in [6, 6.07) is 7.52. The maximum atomic E-state index is 13.6. The van der Waals surface area contributed by atoms with Gasteiger partial charge in [-0.25, -0.2) is 9.97 Å². The van der Waals surface area contributed by atoms with Crippen molar-refractivity contribution in [1.29, 1.82) is 0 Å². The van der Waals surface area contributed by atoms with Crippen molar-refractivity contribution >= 4 is 29.3 Å². The van der Waals surface area contributed by atoms with Crippen LogP contribution in [-0.2, 0) is 0 Å². The van der Waals surface area contributed by atoms with Gasteiger partial charge in [-0.15, -0.1) is 0 Å². The smallest absolute Gasteiger partial charge is 0.270 e. The van der Waals surface area contributed by atoms with Gasteiger partial charge in [-0.3, -0.25) is 9.59 Å². The van der Waals surface area contributed by atoms with Gasteiger partial charge in [0.05, 0.1) is 0 Å². The summed E-state index contributed by atoms with van der Waals surface area (Å²) in [6.07, 6.45) is 3.60. The number of nitrogens with zero attached hydrogens (tertiary/aromatic N) is 5. The fourth-order valence-corrected chi connectivity index (χ4v) is 4.38. The largest absolute Gasteiger partial charge is 0.441 e. The fraction of sp³-hybridized carbons (Fsp3) is 0.318. The normalized spacial score (nSPS) is 17.7. The van der Waals surface area contributed by atoms with Crippen LogP contribution in [0, 0.1) is 6.92 Å². The third-order valence-electron chi connectivity index (χ3n) is 5.95. The molecule has 5 rings (SSSR count). The molecule has 10 heteroatoms. The Morgan fingerprint density at radius 3 is 2.91 bits per heavy atom. The number of oxazole rings is 1. The second-order valence-corrected chi connectivity index (χ2v) is 7.92. The molecule has 0 saturated carbocycles. The van der Waals surface area contributed by atoms with Crippen LogP contribution in [-0.4, -0.2) is 52.9 Å². The Morgan fingerprint density at radius 2 is 2.16 bits per heavy atom. The Morgan fingerprint density at radius 1 is 1.31 bits per heavy atom. The van der Waals surface area contributed by atoms with Gasteiger partial charge in [-0.1, -0.05) is 6.07 Å². The Labute approximate surface area is 184 Å². The SMILES string of the molecule is CNc1ncc2c(n1)N1CCCC1CN(c1cccc(-c3nc(C(N)=O)c(C)o3)c1)C2=O. The van der Waals surface area contributed by atoms with Gasteiger partial charge < -0.3 is 25.3 Å². The first-order valence-corrected chi connectivity index (χ1v) is 10.5. The first-order valence-electron chi connectivity index (χ1n) is 10.5. The zero-order valence-electron chi connectivity index (χ0n) is 17.8. The molecular formula is C22H23N7O3. The summed E-state index contributed by atoms with van der Waals surface area (Å²) < 4.78 is 5.66. The third kappa shape index (κ3) is 3.24. The van der Waals surface area contributed by atoms with E-state index in [1.807, 2.05) is 24.3 Å². The molecule has 164 valence electrons. The standard InChI is InChI=1S/C22H23N7O3/c1-12-17(18(23)30)26-20(32-12)13-5-3-6-14(9-13)29-11-15-7-4-8-28(15)19-16(21(29)31)10-25-22(24-2)27-19/h3,5-6,9-10,15H,4,7-8,11H2,1-2H3,(H2,23,30)(H,24,25,27). The molecule has 2 aliphatic heterocycles. The van der Waals surface area contributed by atoms with Crippen molar-refractivity contribution in [2.45, 2.75) is 25.8 Å². The fourth-order valence-electron chi connectivity index (χ4n) is 4.38. The number of nitrogens with one attached hydrogen (secondary N) is 1. The van der Waals surface area contributed by atoms with Crippen LogP contribution >= 0.6 is 0 Å². The van der Waals surface area contributed by atoms with E-state index in [0.717, 1.165) is 19.4 Å². The lowest BCUT2D eigenvalue weighted by Gasteiger charge is -2.27. The molecule has 10 nitrogen and oxygen atoms in total. The van der Waals surface area contributed by atoms with Gasteiger partial charge in [0.15, 0.2) is 5.69 Å². The van der Waals surface area contributed by atoms with Crippen molar-refractivity contribution in [2.24, 2.45) is 5.73 Å². The number of hydrogen-bond acceptors (Lipinski definition) is 8. The van der Waals surface area contributed by atoms with Crippen LogP contribution in [0.25, 0.3) is 11.5 Å². The molecule has 2 aliphatic rings. The molecule has 3 N–H and O–H groups in total. The average Bonchev–Trinajstić information content (AvgIpc) is 3.40. The average molecular weight is 433 g/mol. The van der Waals surface area contributed by atoms with Crippen LogP contribution in [0.1, 0.15) is 39.4 Å². The molecule has 1 atom stereocenters. The van der Waals surface area contributed by atoms with E-state index in [-0.39, 0.29) is 23.5 Å². The van der Waals surface area contributed by atoms with Crippen molar-refractivity contribution in [1.82, 2.24) is 15.0 Å². The monoisotopic (exact) mass is 433 g/mol. The van der Waals surface area contributed by atoms with Crippen molar-refractivity contribution < 1.29 is 14.0 Å². The van der Waals surface area contributed by atoms with Crippen LogP contribution in [0.15, 0.2) is 34.9 Å². The number of aromatic nitrogens is 3. The maximum Gasteiger partial charge on any atom is 0.270 e. The summed E-state index contributed by atoms with van der Waals surface area (Å²) in [5, 5.41) is 2.95. The minimum Gasteiger partial charge on any atom is -0.441 e. The summed E-state index contributed by atoms with van der Waals surface area (Å²) in [5.41, 5.74) is 7.31. The molecule has 1 fully saturated rings. The molecule has 4 heterocycles. The molecule has 1 saturated heterocycles. The minimum absolute atomic E-state index is 0.101. The summed E-state index contributed by atoms with van der Waals surface area (Å²) in [4.78, 5) is 42.2. The Kier molecular flexibility index (Phi) is 4.76. The Hall–Kier alpha value is -3.95. The van der Waals surface area contributed by atoms with Crippen LogP contribution < -0.4 is 20.9 Å². The van der Waals surface area contributed by atoms with Gasteiger partial charge in [0, 0.05) is 43.6 Å². The zero-order chi connectivity index (χ0) is 22.4. The van der Waals surface area contributed by atoms with Crippen molar-refractivity contribution in [2.75, 3.05) is 35.3 Å². The lowest BCUT2D eigenvalue weighted by Crippen LogP contribution is -2.39. The molecule has 32 heavy (non-hydrogen) atoms. The van der Waals surface area contributed by atoms with Crippen LogP contribution in [0.4, 0.5) is 17.5 Å². The summed E-state index contributed by atoms with van der Waals surface area (Å²) in [6.45, 7) is 3.03. The number of fused-ring (bicyclic) bond motifs is 3. The highest BCUT2D eigenvalue weighted by molar-refractivity contribution is 6.10. The van der Waals surface area contributed by atoms with Crippen LogP contribution in [0.2, 0.25) is 0 Å². The number of rotatable bonds is 4. The molecule has 2 amide bonds. The Bertz CT molecular complexity index is 1220. The number of carbonyl (C=O) groups is 2. The number of carbonyl (C=O) groups excluding carboxylic acids is 2. The topological polar surface area (TPSA) is 130 Å². The molecule has 1 unspecified atom stereocenters. The van der Waals surface area contributed by atoms with Gasteiger partial charge in [0.25, 0.3) is 11.8 Å². The predicted molar refractivity (Wildman–Crippen MR) is 119 cm³/mol. The number of anilines is 3. The van der Waals surface area contributed by atoms with E-state index in [1.165, 1.54) is 0 Å². The zero-order valence-corrected chi connectivity index (χ0v) is 17.8. The van der Waals surface area contributed by atoms with Crippen molar-refractivity contribution in [3.8, 4) is 11.5 Å².